The van der Waals surface area contributed by atoms with E-state index in [1.54, 1.807) is 18.5 Å². The second kappa shape index (κ2) is 7.25. The third-order valence-electron chi connectivity index (χ3n) is 2.50. The standard InChI is InChI=1S/C13H20N2O3S/c1-9(2)6-14-11(16)8-15(3)7-10-4-5-19-12(10)13(17)18/h4-5,9H,6-8H2,1-3H3,(H,14,16)(H,17,18). The Morgan fingerprint density at radius 2 is 2.16 bits per heavy atom. The maximum Gasteiger partial charge on any atom is 0.346 e. The lowest BCUT2D eigenvalue weighted by Crippen LogP contribution is -2.36. The van der Waals surface area contributed by atoms with Crippen LogP contribution in [0.1, 0.15) is 29.1 Å². The highest BCUT2D eigenvalue weighted by atomic mass is 32.1. The third-order valence-corrected chi connectivity index (χ3v) is 3.45. The quantitative estimate of drug-likeness (QED) is 0.799. The van der Waals surface area contributed by atoms with Crippen LogP contribution in [0.25, 0.3) is 0 Å². The molecule has 0 saturated carbocycles. The number of amides is 1. The van der Waals surface area contributed by atoms with Crippen LogP contribution in [0, 0.1) is 5.92 Å². The van der Waals surface area contributed by atoms with Crippen molar-refractivity contribution in [1.29, 1.82) is 0 Å². The number of carbonyl (C=O) groups is 2. The van der Waals surface area contributed by atoms with Gasteiger partial charge in [0.25, 0.3) is 0 Å². The lowest BCUT2D eigenvalue weighted by molar-refractivity contribution is -0.122. The topological polar surface area (TPSA) is 69.6 Å². The Balaban J connectivity index is 2.46. The zero-order chi connectivity index (χ0) is 14.4. The van der Waals surface area contributed by atoms with Crippen LogP contribution in [-0.4, -0.2) is 42.0 Å². The fraction of sp³-hybridized carbons (Fsp3) is 0.538. The van der Waals surface area contributed by atoms with Gasteiger partial charge in [0.2, 0.25) is 5.91 Å². The van der Waals surface area contributed by atoms with Gasteiger partial charge in [-0.3, -0.25) is 9.69 Å². The normalized spacial score (nSPS) is 11.0. The Hall–Kier alpha value is -1.40. The summed E-state index contributed by atoms with van der Waals surface area (Å²) in [7, 11) is 1.80. The summed E-state index contributed by atoms with van der Waals surface area (Å²) in [6.07, 6.45) is 0. The van der Waals surface area contributed by atoms with Gasteiger partial charge in [0, 0.05) is 13.1 Å². The first-order chi connectivity index (χ1) is 8.90. The van der Waals surface area contributed by atoms with Crippen molar-refractivity contribution in [3.63, 3.8) is 0 Å². The second-order valence-electron chi connectivity index (χ2n) is 4.95. The first-order valence-corrected chi connectivity index (χ1v) is 7.03. The molecule has 2 N–H and O–H groups in total. The van der Waals surface area contributed by atoms with E-state index in [9.17, 15) is 9.59 Å². The molecule has 0 fully saturated rings. The molecule has 0 aromatic carbocycles. The van der Waals surface area contributed by atoms with E-state index in [-0.39, 0.29) is 12.5 Å². The highest BCUT2D eigenvalue weighted by Gasteiger charge is 2.14. The summed E-state index contributed by atoms with van der Waals surface area (Å²) in [6, 6.07) is 1.79. The summed E-state index contributed by atoms with van der Waals surface area (Å²) in [5, 5.41) is 13.6. The molecule has 0 unspecified atom stereocenters. The number of thiophene rings is 1. The van der Waals surface area contributed by atoms with Gasteiger partial charge >= 0.3 is 5.97 Å². The molecule has 0 bridgehead atoms. The Kier molecular flexibility index (Phi) is 5.98. The predicted molar refractivity (Wildman–Crippen MR) is 75.5 cm³/mol. The van der Waals surface area contributed by atoms with Crippen molar-refractivity contribution in [2.75, 3.05) is 20.1 Å². The van der Waals surface area contributed by atoms with Gasteiger partial charge < -0.3 is 10.4 Å². The minimum atomic E-state index is -0.914. The first-order valence-electron chi connectivity index (χ1n) is 6.15. The molecule has 1 amide bonds. The lowest BCUT2D eigenvalue weighted by atomic mass is 10.2. The number of carboxylic acid groups (broad SMARTS) is 1. The van der Waals surface area contributed by atoms with E-state index >= 15 is 0 Å². The van der Waals surface area contributed by atoms with Crippen molar-refractivity contribution in [2.24, 2.45) is 5.92 Å². The van der Waals surface area contributed by atoms with Gasteiger partial charge in [-0.2, -0.15) is 0 Å². The van der Waals surface area contributed by atoms with E-state index in [1.165, 1.54) is 11.3 Å². The van der Waals surface area contributed by atoms with Crippen LogP contribution in [-0.2, 0) is 11.3 Å². The SMILES string of the molecule is CC(C)CNC(=O)CN(C)Cc1ccsc1C(=O)O. The number of aromatic carboxylic acids is 1. The van der Waals surface area contributed by atoms with Crippen LogP contribution in [0.4, 0.5) is 0 Å². The summed E-state index contributed by atoms with van der Waals surface area (Å²) in [5.41, 5.74) is 0.747. The Bertz CT molecular complexity index is 443. The van der Waals surface area contributed by atoms with Crippen LogP contribution in [0.3, 0.4) is 0 Å². The molecule has 0 spiro atoms. The van der Waals surface area contributed by atoms with Gasteiger partial charge in [-0.1, -0.05) is 13.8 Å². The summed E-state index contributed by atoms with van der Waals surface area (Å²) in [5.74, 6) is -0.532. The summed E-state index contributed by atoms with van der Waals surface area (Å²) < 4.78 is 0. The monoisotopic (exact) mass is 284 g/mol. The van der Waals surface area contributed by atoms with Gasteiger partial charge in [-0.05, 0) is 30.0 Å². The minimum Gasteiger partial charge on any atom is -0.477 e. The number of likely N-dealkylation sites (N-methyl/N-ethyl adjacent to an activating group) is 1. The Labute approximate surface area is 117 Å². The van der Waals surface area contributed by atoms with E-state index in [0.717, 1.165) is 5.56 Å². The van der Waals surface area contributed by atoms with Crippen molar-refractivity contribution in [2.45, 2.75) is 20.4 Å². The molecule has 0 aliphatic carbocycles. The highest BCUT2D eigenvalue weighted by molar-refractivity contribution is 7.12. The zero-order valence-electron chi connectivity index (χ0n) is 11.5. The smallest absolute Gasteiger partial charge is 0.346 e. The van der Waals surface area contributed by atoms with Crippen LogP contribution >= 0.6 is 11.3 Å². The van der Waals surface area contributed by atoms with Crippen molar-refractivity contribution < 1.29 is 14.7 Å². The van der Waals surface area contributed by atoms with Gasteiger partial charge in [0.15, 0.2) is 0 Å². The first kappa shape index (κ1) is 15.7. The summed E-state index contributed by atoms with van der Waals surface area (Å²) >= 11 is 1.21. The molecule has 0 aliphatic rings. The summed E-state index contributed by atoms with van der Waals surface area (Å²) in [6.45, 7) is 5.45. The number of hydrogen-bond acceptors (Lipinski definition) is 4. The zero-order valence-corrected chi connectivity index (χ0v) is 12.3. The molecular weight excluding hydrogens is 264 g/mol. The van der Waals surface area contributed by atoms with Gasteiger partial charge in [0.05, 0.1) is 6.54 Å². The molecule has 0 saturated heterocycles. The molecule has 1 rings (SSSR count). The molecule has 1 aromatic heterocycles. The number of rotatable bonds is 7. The van der Waals surface area contributed by atoms with Crippen LogP contribution < -0.4 is 5.32 Å². The number of nitrogens with one attached hydrogen (secondary N) is 1. The molecular formula is C13H20N2O3S. The van der Waals surface area contributed by atoms with Gasteiger partial charge in [-0.25, -0.2) is 4.79 Å². The van der Waals surface area contributed by atoms with E-state index in [1.807, 2.05) is 18.7 Å². The average Bonchev–Trinajstić information content (AvgIpc) is 2.74. The van der Waals surface area contributed by atoms with E-state index in [0.29, 0.717) is 23.9 Å². The third kappa shape index (κ3) is 5.40. The number of hydrogen-bond donors (Lipinski definition) is 2. The molecule has 5 nitrogen and oxygen atoms in total. The summed E-state index contributed by atoms with van der Waals surface area (Å²) in [4.78, 5) is 24.8. The molecule has 0 aliphatic heterocycles. The van der Waals surface area contributed by atoms with Gasteiger partial charge in [0.1, 0.15) is 4.88 Å². The van der Waals surface area contributed by atoms with E-state index in [2.05, 4.69) is 5.32 Å². The molecule has 106 valence electrons. The fourth-order valence-corrected chi connectivity index (χ4v) is 2.37. The van der Waals surface area contributed by atoms with E-state index < -0.39 is 5.97 Å². The Morgan fingerprint density at radius 1 is 1.47 bits per heavy atom. The molecule has 19 heavy (non-hydrogen) atoms. The van der Waals surface area contributed by atoms with E-state index in [4.69, 9.17) is 5.11 Å². The average molecular weight is 284 g/mol. The largest absolute Gasteiger partial charge is 0.477 e. The van der Waals surface area contributed by atoms with Crippen molar-refractivity contribution in [1.82, 2.24) is 10.2 Å². The Morgan fingerprint density at radius 3 is 2.74 bits per heavy atom. The van der Waals surface area contributed by atoms with Crippen molar-refractivity contribution in [3.8, 4) is 0 Å². The maximum atomic E-state index is 11.6. The highest BCUT2D eigenvalue weighted by Crippen LogP contribution is 2.18. The van der Waals surface area contributed by atoms with Crippen molar-refractivity contribution in [3.05, 3.63) is 21.9 Å². The number of carbonyl (C=O) groups excluding carboxylic acids is 1. The maximum absolute atomic E-state index is 11.6. The molecule has 1 aromatic rings. The van der Waals surface area contributed by atoms with Crippen molar-refractivity contribution >= 4 is 23.2 Å². The molecule has 0 atom stereocenters. The second-order valence-corrected chi connectivity index (χ2v) is 5.87. The fourth-order valence-electron chi connectivity index (χ4n) is 1.61. The molecule has 0 radical (unpaired) electrons. The number of nitrogens with zero attached hydrogens (tertiary/aromatic N) is 1. The minimum absolute atomic E-state index is 0.0386. The van der Waals surface area contributed by atoms with Gasteiger partial charge in [-0.15, -0.1) is 11.3 Å². The lowest BCUT2D eigenvalue weighted by Gasteiger charge is -2.16. The molecule has 1 heterocycles. The van der Waals surface area contributed by atoms with Crippen LogP contribution in [0.5, 0.6) is 0 Å². The predicted octanol–water partition coefficient (Wildman–Crippen LogP) is 1.65. The van der Waals surface area contributed by atoms with Crippen LogP contribution in [0.15, 0.2) is 11.4 Å². The van der Waals surface area contributed by atoms with Crippen LogP contribution in [0.2, 0.25) is 0 Å². The molecule has 6 heteroatoms. The number of carboxylic acids is 1.